The summed E-state index contributed by atoms with van der Waals surface area (Å²) in [7, 11) is 1.96. The van der Waals surface area contributed by atoms with Gasteiger partial charge in [-0.05, 0) is 32.0 Å². The lowest BCUT2D eigenvalue weighted by Crippen LogP contribution is -2.01. The molecule has 0 bridgehead atoms. The SMILES string of the molecule is CC(C)OCc1cn(C)c2ccc(F)cc12. The summed E-state index contributed by atoms with van der Waals surface area (Å²) in [6.07, 6.45) is 2.18. The van der Waals surface area contributed by atoms with Gasteiger partial charge in [-0.25, -0.2) is 4.39 Å². The second-order valence-electron chi connectivity index (χ2n) is 4.29. The van der Waals surface area contributed by atoms with Crippen LogP contribution in [0.1, 0.15) is 19.4 Å². The summed E-state index contributed by atoms with van der Waals surface area (Å²) in [6, 6.07) is 4.84. The molecule has 3 heteroatoms. The molecule has 0 aliphatic rings. The van der Waals surface area contributed by atoms with Crippen molar-refractivity contribution in [1.82, 2.24) is 4.57 Å². The molecular formula is C13H16FNO. The molecule has 0 saturated carbocycles. The van der Waals surface area contributed by atoms with E-state index >= 15 is 0 Å². The number of hydrogen-bond acceptors (Lipinski definition) is 1. The van der Waals surface area contributed by atoms with E-state index in [0.717, 1.165) is 16.5 Å². The number of aromatic nitrogens is 1. The highest BCUT2D eigenvalue weighted by Gasteiger charge is 2.08. The summed E-state index contributed by atoms with van der Waals surface area (Å²) in [6.45, 7) is 4.51. The number of hydrogen-bond donors (Lipinski definition) is 0. The van der Waals surface area contributed by atoms with Gasteiger partial charge in [0, 0.05) is 29.7 Å². The topological polar surface area (TPSA) is 14.2 Å². The number of halogens is 1. The van der Waals surface area contributed by atoms with Crippen LogP contribution in [0.5, 0.6) is 0 Å². The quantitative estimate of drug-likeness (QED) is 0.776. The molecular weight excluding hydrogens is 205 g/mol. The van der Waals surface area contributed by atoms with Crippen molar-refractivity contribution in [2.45, 2.75) is 26.6 Å². The van der Waals surface area contributed by atoms with Crippen molar-refractivity contribution in [3.63, 3.8) is 0 Å². The monoisotopic (exact) mass is 221 g/mol. The van der Waals surface area contributed by atoms with Gasteiger partial charge in [-0.3, -0.25) is 0 Å². The summed E-state index contributed by atoms with van der Waals surface area (Å²) in [5, 5.41) is 0.933. The van der Waals surface area contributed by atoms with E-state index in [1.54, 1.807) is 12.1 Å². The molecule has 0 unspecified atom stereocenters. The molecule has 0 radical (unpaired) electrons. The second kappa shape index (κ2) is 4.26. The standard InChI is InChI=1S/C13H16FNO/c1-9(2)16-8-10-7-15(3)13-5-4-11(14)6-12(10)13/h4-7,9H,8H2,1-3H3. The third-order valence-corrected chi connectivity index (χ3v) is 2.61. The van der Waals surface area contributed by atoms with Crippen molar-refractivity contribution in [2.24, 2.45) is 7.05 Å². The van der Waals surface area contributed by atoms with Crippen LogP contribution in [0.2, 0.25) is 0 Å². The van der Waals surface area contributed by atoms with Gasteiger partial charge in [0.25, 0.3) is 0 Å². The zero-order valence-corrected chi connectivity index (χ0v) is 9.83. The van der Waals surface area contributed by atoms with Crippen molar-refractivity contribution in [1.29, 1.82) is 0 Å². The molecule has 0 saturated heterocycles. The molecule has 0 spiro atoms. The first kappa shape index (κ1) is 11.1. The summed E-state index contributed by atoms with van der Waals surface area (Å²) in [5.41, 5.74) is 2.06. The van der Waals surface area contributed by atoms with Crippen LogP contribution >= 0.6 is 0 Å². The van der Waals surface area contributed by atoms with Crippen LogP contribution in [0, 0.1) is 5.82 Å². The lowest BCUT2D eigenvalue weighted by Gasteiger charge is -2.05. The highest BCUT2D eigenvalue weighted by Crippen LogP contribution is 2.22. The van der Waals surface area contributed by atoms with Gasteiger partial charge in [-0.1, -0.05) is 0 Å². The Morgan fingerprint density at radius 1 is 1.38 bits per heavy atom. The highest BCUT2D eigenvalue weighted by molar-refractivity contribution is 5.83. The Hall–Kier alpha value is -1.35. The van der Waals surface area contributed by atoms with E-state index in [0.29, 0.717) is 6.61 Å². The Morgan fingerprint density at radius 2 is 2.12 bits per heavy atom. The Kier molecular flexibility index (Phi) is 2.97. The first-order valence-electron chi connectivity index (χ1n) is 5.43. The normalized spacial score (nSPS) is 11.6. The average Bonchev–Trinajstić information content (AvgIpc) is 2.52. The number of benzene rings is 1. The van der Waals surface area contributed by atoms with E-state index in [2.05, 4.69) is 0 Å². The molecule has 2 rings (SSSR count). The fraction of sp³-hybridized carbons (Fsp3) is 0.385. The van der Waals surface area contributed by atoms with E-state index in [-0.39, 0.29) is 11.9 Å². The van der Waals surface area contributed by atoms with Gasteiger partial charge in [-0.15, -0.1) is 0 Å². The minimum Gasteiger partial charge on any atom is -0.374 e. The largest absolute Gasteiger partial charge is 0.374 e. The molecule has 1 heterocycles. The maximum absolute atomic E-state index is 13.2. The number of fused-ring (bicyclic) bond motifs is 1. The third-order valence-electron chi connectivity index (χ3n) is 2.61. The van der Waals surface area contributed by atoms with Crippen molar-refractivity contribution >= 4 is 10.9 Å². The Labute approximate surface area is 94.6 Å². The first-order chi connectivity index (χ1) is 7.58. The van der Waals surface area contributed by atoms with Gasteiger partial charge in [0.2, 0.25) is 0 Å². The predicted octanol–water partition coefficient (Wildman–Crippen LogP) is 3.24. The van der Waals surface area contributed by atoms with Crippen LogP contribution in [0.15, 0.2) is 24.4 Å². The molecule has 0 aliphatic heterocycles. The number of nitrogens with zero attached hydrogens (tertiary/aromatic N) is 1. The lowest BCUT2D eigenvalue weighted by molar-refractivity contribution is 0.0663. The summed E-state index contributed by atoms with van der Waals surface area (Å²) in [5.74, 6) is -0.204. The summed E-state index contributed by atoms with van der Waals surface area (Å²) >= 11 is 0. The predicted molar refractivity (Wildman–Crippen MR) is 62.8 cm³/mol. The summed E-state index contributed by atoms with van der Waals surface area (Å²) < 4.78 is 20.7. The molecule has 0 N–H and O–H groups in total. The van der Waals surface area contributed by atoms with Crippen molar-refractivity contribution < 1.29 is 9.13 Å². The smallest absolute Gasteiger partial charge is 0.123 e. The lowest BCUT2D eigenvalue weighted by atomic mass is 10.2. The van der Waals surface area contributed by atoms with E-state index < -0.39 is 0 Å². The highest BCUT2D eigenvalue weighted by atomic mass is 19.1. The number of ether oxygens (including phenoxy) is 1. The van der Waals surface area contributed by atoms with Crippen LogP contribution in [0.25, 0.3) is 10.9 Å². The van der Waals surface area contributed by atoms with Crippen molar-refractivity contribution in [3.05, 3.63) is 35.8 Å². The molecule has 2 nitrogen and oxygen atoms in total. The molecule has 0 amide bonds. The molecule has 2 aromatic rings. The van der Waals surface area contributed by atoms with Gasteiger partial charge in [0.05, 0.1) is 12.7 Å². The van der Waals surface area contributed by atoms with Crippen molar-refractivity contribution in [2.75, 3.05) is 0 Å². The Balaban J connectivity index is 2.41. The van der Waals surface area contributed by atoms with E-state index in [4.69, 9.17) is 4.74 Å². The van der Waals surface area contributed by atoms with Crippen LogP contribution in [0.4, 0.5) is 4.39 Å². The molecule has 0 fully saturated rings. The van der Waals surface area contributed by atoms with Crippen LogP contribution in [-0.2, 0) is 18.4 Å². The van der Waals surface area contributed by atoms with Crippen LogP contribution in [0.3, 0.4) is 0 Å². The minimum atomic E-state index is -0.204. The van der Waals surface area contributed by atoms with Crippen LogP contribution < -0.4 is 0 Å². The van der Waals surface area contributed by atoms with Gasteiger partial charge in [-0.2, -0.15) is 0 Å². The maximum atomic E-state index is 13.2. The fourth-order valence-corrected chi connectivity index (χ4v) is 1.82. The first-order valence-corrected chi connectivity index (χ1v) is 5.43. The van der Waals surface area contributed by atoms with Gasteiger partial charge in [0.15, 0.2) is 0 Å². The second-order valence-corrected chi connectivity index (χ2v) is 4.29. The van der Waals surface area contributed by atoms with Crippen LogP contribution in [-0.4, -0.2) is 10.7 Å². The van der Waals surface area contributed by atoms with Gasteiger partial charge < -0.3 is 9.30 Å². The molecule has 0 atom stereocenters. The maximum Gasteiger partial charge on any atom is 0.123 e. The van der Waals surface area contributed by atoms with Crippen molar-refractivity contribution in [3.8, 4) is 0 Å². The Morgan fingerprint density at radius 3 is 2.81 bits per heavy atom. The molecule has 86 valence electrons. The summed E-state index contributed by atoms with van der Waals surface area (Å²) in [4.78, 5) is 0. The fourth-order valence-electron chi connectivity index (χ4n) is 1.82. The molecule has 1 aromatic carbocycles. The third kappa shape index (κ3) is 2.09. The van der Waals surface area contributed by atoms with Gasteiger partial charge >= 0.3 is 0 Å². The zero-order valence-electron chi connectivity index (χ0n) is 9.83. The van der Waals surface area contributed by atoms with E-state index in [1.165, 1.54) is 6.07 Å². The van der Waals surface area contributed by atoms with E-state index in [9.17, 15) is 4.39 Å². The molecule has 1 aromatic heterocycles. The van der Waals surface area contributed by atoms with Gasteiger partial charge in [0.1, 0.15) is 5.82 Å². The molecule has 0 aliphatic carbocycles. The molecule has 16 heavy (non-hydrogen) atoms. The minimum absolute atomic E-state index is 0.184. The van der Waals surface area contributed by atoms with E-state index in [1.807, 2.05) is 31.7 Å². The zero-order chi connectivity index (χ0) is 11.7. The number of rotatable bonds is 3. The Bertz CT molecular complexity index is 502. The number of aryl methyl sites for hydroxylation is 1. The average molecular weight is 221 g/mol.